The van der Waals surface area contributed by atoms with E-state index in [1.807, 2.05) is 6.07 Å². The van der Waals surface area contributed by atoms with Crippen LogP contribution in [0.1, 0.15) is 23.7 Å². The summed E-state index contributed by atoms with van der Waals surface area (Å²) in [6.45, 7) is -0.218. The van der Waals surface area contributed by atoms with Crippen LogP contribution in [0.15, 0.2) is 53.0 Å². The second-order valence-electron chi connectivity index (χ2n) is 6.73. The molecular weight excluding hydrogens is 453 g/mol. The van der Waals surface area contributed by atoms with Crippen LogP contribution < -0.4 is 10.2 Å². The van der Waals surface area contributed by atoms with Crippen molar-refractivity contribution in [3.63, 3.8) is 0 Å². The number of halogens is 4. The Morgan fingerprint density at radius 3 is 2.66 bits per heavy atom. The molecule has 1 fully saturated rings. The molecule has 2 amide bonds. The highest BCUT2D eigenvalue weighted by molar-refractivity contribution is 9.10. The number of nitrogens with zero attached hydrogens (tertiary/aromatic N) is 1. The molecule has 3 rings (SSSR count). The lowest BCUT2D eigenvalue weighted by Crippen LogP contribution is -2.35. The molecular formula is C20H18BrF3N2O3. The average Bonchev–Trinajstić information content (AvgIpc) is 3.07. The Morgan fingerprint density at radius 2 is 1.97 bits per heavy atom. The van der Waals surface area contributed by atoms with Gasteiger partial charge in [0, 0.05) is 29.7 Å². The standard InChI is InChI=1S/C20H18BrF3N2O3/c21-13-4-3-5-14(9-13)26-11-12(8-18(26)28)19(29)25-10-17(27)15-6-1-2-7-16(15)20(22,23)24/h1-7,9,12,17,27H,8,10-11H2,(H,25,29). The Kier molecular flexibility index (Phi) is 6.28. The van der Waals surface area contributed by atoms with Crippen LogP contribution in [0.4, 0.5) is 18.9 Å². The fourth-order valence-electron chi connectivity index (χ4n) is 3.27. The number of hydrogen-bond donors (Lipinski definition) is 2. The number of carbonyl (C=O) groups excluding carboxylic acids is 2. The van der Waals surface area contributed by atoms with E-state index in [9.17, 15) is 27.9 Å². The number of alkyl halides is 3. The minimum absolute atomic E-state index is 0.00637. The van der Waals surface area contributed by atoms with Gasteiger partial charge in [-0.3, -0.25) is 9.59 Å². The van der Waals surface area contributed by atoms with Gasteiger partial charge in [-0.1, -0.05) is 40.2 Å². The molecule has 0 bridgehead atoms. The largest absolute Gasteiger partial charge is 0.416 e. The van der Waals surface area contributed by atoms with Crippen LogP contribution in [0.3, 0.4) is 0 Å². The maximum absolute atomic E-state index is 13.1. The number of aliphatic hydroxyl groups is 1. The van der Waals surface area contributed by atoms with Crippen molar-refractivity contribution < 1.29 is 27.9 Å². The molecule has 2 unspecified atom stereocenters. The predicted molar refractivity (Wildman–Crippen MR) is 104 cm³/mol. The number of amides is 2. The first kappa shape index (κ1) is 21.3. The minimum Gasteiger partial charge on any atom is -0.387 e. The summed E-state index contributed by atoms with van der Waals surface area (Å²) < 4.78 is 40.0. The fourth-order valence-corrected chi connectivity index (χ4v) is 3.66. The van der Waals surface area contributed by atoms with E-state index in [-0.39, 0.29) is 31.0 Å². The topological polar surface area (TPSA) is 69.6 Å². The van der Waals surface area contributed by atoms with Crippen LogP contribution in [-0.4, -0.2) is 30.0 Å². The summed E-state index contributed by atoms with van der Waals surface area (Å²) >= 11 is 3.33. The molecule has 0 radical (unpaired) electrons. The van der Waals surface area contributed by atoms with Crippen molar-refractivity contribution in [3.8, 4) is 0 Å². The summed E-state index contributed by atoms with van der Waals surface area (Å²) in [6, 6.07) is 11.8. The van der Waals surface area contributed by atoms with Gasteiger partial charge in [-0.25, -0.2) is 0 Å². The first-order valence-electron chi connectivity index (χ1n) is 8.84. The third-order valence-electron chi connectivity index (χ3n) is 4.71. The summed E-state index contributed by atoms with van der Waals surface area (Å²) in [5.41, 5.74) is -0.601. The average molecular weight is 471 g/mol. The van der Waals surface area contributed by atoms with Gasteiger partial charge >= 0.3 is 6.18 Å². The summed E-state index contributed by atoms with van der Waals surface area (Å²) in [5, 5.41) is 12.6. The van der Waals surface area contributed by atoms with Gasteiger partial charge in [-0.15, -0.1) is 0 Å². The number of nitrogens with one attached hydrogen (secondary N) is 1. The quantitative estimate of drug-likeness (QED) is 0.700. The number of aliphatic hydroxyl groups excluding tert-OH is 1. The third-order valence-corrected chi connectivity index (χ3v) is 5.20. The number of anilines is 1. The lowest BCUT2D eigenvalue weighted by atomic mass is 10.0. The maximum Gasteiger partial charge on any atom is 0.416 e. The Balaban J connectivity index is 1.63. The van der Waals surface area contributed by atoms with Gasteiger partial charge in [0.1, 0.15) is 0 Å². The molecule has 1 aliphatic rings. The van der Waals surface area contributed by atoms with Crippen LogP contribution >= 0.6 is 15.9 Å². The van der Waals surface area contributed by atoms with Crippen molar-refractivity contribution in [2.75, 3.05) is 18.0 Å². The van der Waals surface area contributed by atoms with E-state index in [0.29, 0.717) is 5.69 Å². The van der Waals surface area contributed by atoms with Gasteiger partial charge < -0.3 is 15.3 Å². The maximum atomic E-state index is 13.1. The van der Waals surface area contributed by atoms with E-state index >= 15 is 0 Å². The molecule has 29 heavy (non-hydrogen) atoms. The fraction of sp³-hybridized carbons (Fsp3) is 0.300. The molecule has 9 heteroatoms. The molecule has 2 N–H and O–H groups in total. The van der Waals surface area contributed by atoms with Gasteiger partial charge in [0.15, 0.2) is 0 Å². The van der Waals surface area contributed by atoms with Crippen molar-refractivity contribution in [2.45, 2.75) is 18.7 Å². The summed E-state index contributed by atoms with van der Waals surface area (Å²) in [4.78, 5) is 26.2. The molecule has 1 heterocycles. The second kappa shape index (κ2) is 8.54. The summed E-state index contributed by atoms with van der Waals surface area (Å²) in [6.07, 6.45) is -6.13. The molecule has 154 valence electrons. The van der Waals surface area contributed by atoms with Crippen molar-refractivity contribution in [1.82, 2.24) is 5.32 Å². The van der Waals surface area contributed by atoms with Gasteiger partial charge in [-0.2, -0.15) is 13.2 Å². The highest BCUT2D eigenvalue weighted by atomic mass is 79.9. The lowest BCUT2D eigenvalue weighted by molar-refractivity contribution is -0.139. The van der Waals surface area contributed by atoms with E-state index in [4.69, 9.17) is 0 Å². The molecule has 0 aromatic heterocycles. The van der Waals surface area contributed by atoms with E-state index in [0.717, 1.165) is 10.5 Å². The third kappa shape index (κ3) is 4.97. The van der Waals surface area contributed by atoms with Gasteiger partial charge in [0.05, 0.1) is 17.6 Å². The van der Waals surface area contributed by atoms with Crippen molar-refractivity contribution in [3.05, 3.63) is 64.1 Å². The SMILES string of the molecule is O=C(NCC(O)c1ccccc1C(F)(F)F)C1CC(=O)N(c2cccc(Br)c2)C1. The Morgan fingerprint density at radius 1 is 1.24 bits per heavy atom. The smallest absolute Gasteiger partial charge is 0.387 e. The summed E-state index contributed by atoms with van der Waals surface area (Å²) in [7, 11) is 0. The number of benzene rings is 2. The number of carbonyl (C=O) groups is 2. The zero-order valence-electron chi connectivity index (χ0n) is 15.1. The molecule has 1 aliphatic heterocycles. The van der Waals surface area contributed by atoms with Crippen LogP contribution in [0.25, 0.3) is 0 Å². The van der Waals surface area contributed by atoms with E-state index in [2.05, 4.69) is 21.2 Å². The molecule has 1 saturated heterocycles. The normalized spacial score (nSPS) is 18.0. The van der Waals surface area contributed by atoms with Crippen LogP contribution in [0, 0.1) is 5.92 Å². The molecule has 0 aliphatic carbocycles. The molecule has 2 atom stereocenters. The molecule has 0 saturated carbocycles. The van der Waals surface area contributed by atoms with Gasteiger partial charge in [-0.05, 0) is 29.8 Å². The second-order valence-corrected chi connectivity index (χ2v) is 7.65. The molecule has 5 nitrogen and oxygen atoms in total. The molecule has 2 aromatic carbocycles. The van der Waals surface area contributed by atoms with Crippen LogP contribution in [-0.2, 0) is 15.8 Å². The first-order chi connectivity index (χ1) is 13.7. The number of rotatable bonds is 5. The Bertz CT molecular complexity index is 920. The van der Waals surface area contributed by atoms with E-state index in [1.165, 1.54) is 23.1 Å². The van der Waals surface area contributed by atoms with E-state index < -0.39 is 29.7 Å². The highest BCUT2D eigenvalue weighted by Gasteiger charge is 2.37. The zero-order valence-corrected chi connectivity index (χ0v) is 16.7. The zero-order chi connectivity index (χ0) is 21.2. The van der Waals surface area contributed by atoms with Crippen molar-refractivity contribution in [1.29, 1.82) is 0 Å². The first-order valence-corrected chi connectivity index (χ1v) is 9.64. The Hall–Kier alpha value is -2.39. The lowest BCUT2D eigenvalue weighted by Gasteiger charge is -2.19. The predicted octanol–water partition coefficient (Wildman–Crippen LogP) is 3.67. The minimum atomic E-state index is -4.61. The van der Waals surface area contributed by atoms with Gasteiger partial charge in [0.25, 0.3) is 0 Å². The van der Waals surface area contributed by atoms with E-state index in [1.54, 1.807) is 18.2 Å². The van der Waals surface area contributed by atoms with Gasteiger partial charge in [0.2, 0.25) is 11.8 Å². The summed E-state index contributed by atoms with van der Waals surface area (Å²) in [5.74, 6) is -1.35. The monoisotopic (exact) mass is 470 g/mol. The van der Waals surface area contributed by atoms with Crippen molar-refractivity contribution in [2.24, 2.45) is 5.92 Å². The molecule has 2 aromatic rings. The van der Waals surface area contributed by atoms with Crippen molar-refractivity contribution >= 4 is 33.4 Å². The van der Waals surface area contributed by atoms with Crippen LogP contribution in [0.5, 0.6) is 0 Å². The Labute approximate surface area is 173 Å². The highest BCUT2D eigenvalue weighted by Crippen LogP contribution is 2.34. The van der Waals surface area contributed by atoms with Crippen LogP contribution in [0.2, 0.25) is 0 Å². The number of hydrogen-bond acceptors (Lipinski definition) is 3. The molecule has 0 spiro atoms.